The first kappa shape index (κ1) is 22.9. The Bertz CT molecular complexity index is 682. The number of carbonyl (C=O) groups excluding carboxylic acids is 1. The highest BCUT2D eigenvalue weighted by atomic mass is 16.6. The Morgan fingerprint density at radius 2 is 2.10 bits per heavy atom. The molecule has 1 aliphatic heterocycles. The van der Waals surface area contributed by atoms with Gasteiger partial charge in [-0.15, -0.1) is 0 Å². The molecular formula is C21H34N4O4. The standard InChI is InChI=1S/C21H34N4O4/c1-13-5-3-6-14(2)11-18-15(9-8-13)16(20(28)29-18)12-25-17(19(26)27)7-4-10-24-21(22)23/h5,11,15-18,25H,3-4,6-10,12H2,1-2H3,(H,26,27)(H4,22,23,24)/b13-5?,14-11+/t15-,16-,17-,18+/m0/s1. The molecule has 0 radical (unpaired) electrons. The molecule has 8 heteroatoms. The van der Waals surface area contributed by atoms with Crippen LogP contribution in [-0.4, -0.2) is 48.2 Å². The van der Waals surface area contributed by atoms with E-state index in [-0.39, 0.29) is 36.4 Å². The minimum absolute atomic E-state index is 0.00623. The summed E-state index contributed by atoms with van der Waals surface area (Å²) in [5, 5.41) is 12.5. The summed E-state index contributed by atoms with van der Waals surface area (Å²) in [5.74, 6) is -1.51. The Morgan fingerprint density at radius 3 is 2.79 bits per heavy atom. The van der Waals surface area contributed by atoms with Gasteiger partial charge in [-0.2, -0.15) is 0 Å². The van der Waals surface area contributed by atoms with Crippen LogP contribution in [0.2, 0.25) is 0 Å². The zero-order chi connectivity index (χ0) is 21.4. The van der Waals surface area contributed by atoms with E-state index < -0.39 is 12.0 Å². The fourth-order valence-electron chi connectivity index (χ4n) is 3.96. The van der Waals surface area contributed by atoms with Crippen LogP contribution in [-0.2, 0) is 14.3 Å². The maximum absolute atomic E-state index is 12.5. The molecular weight excluding hydrogens is 372 g/mol. The Morgan fingerprint density at radius 1 is 1.34 bits per heavy atom. The number of hydrogen-bond acceptors (Lipinski definition) is 5. The van der Waals surface area contributed by atoms with Gasteiger partial charge in [0.1, 0.15) is 12.1 Å². The number of esters is 1. The number of guanidine groups is 1. The maximum Gasteiger partial charge on any atom is 0.320 e. The molecule has 0 bridgehead atoms. The molecule has 1 heterocycles. The predicted octanol–water partition coefficient (Wildman–Crippen LogP) is 1.71. The van der Waals surface area contributed by atoms with Crippen LogP contribution in [0.15, 0.2) is 28.3 Å². The number of ether oxygens (including phenoxy) is 1. The van der Waals surface area contributed by atoms with Crippen LogP contribution in [0.25, 0.3) is 0 Å². The van der Waals surface area contributed by atoms with E-state index in [4.69, 9.17) is 16.2 Å². The van der Waals surface area contributed by atoms with Crippen molar-refractivity contribution >= 4 is 17.9 Å². The smallest absolute Gasteiger partial charge is 0.320 e. The Balaban J connectivity index is 2.01. The molecule has 162 valence electrons. The molecule has 1 fully saturated rings. The van der Waals surface area contributed by atoms with Gasteiger partial charge in [-0.3, -0.25) is 14.6 Å². The minimum atomic E-state index is -0.946. The number of carboxylic acids is 1. The van der Waals surface area contributed by atoms with Crippen LogP contribution >= 0.6 is 0 Å². The van der Waals surface area contributed by atoms with E-state index in [1.54, 1.807) is 0 Å². The average Bonchev–Trinajstić information content (AvgIpc) is 2.92. The lowest BCUT2D eigenvalue weighted by atomic mass is 9.83. The lowest BCUT2D eigenvalue weighted by Gasteiger charge is -2.22. The van der Waals surface area contributed by atoms with Crippen molar-refractivity contribution in [3.05, 3.63) is 23.3 Å². The fourth-order valence-corrected chi connectivity index (χ4v) is 3.96. The van der Waals surface area contributed by atoms with Crippen molar-refractivity contribution in [3.63, 3.8) is 0 Å². The van der Waals surface area contributed by atoms with Gasteiger partial charge in [-0.05, 0) is 58.4 Å². The molecule has 29 heavy (non-hydrogen) atoms. The van der Waals surface area contributed by atoms with Crippen LogP contribution in [0.1, 0.15) is 52.4 Å². The van der Waals surface area contributed by atoms with Crippen molar-refractivity contribution in [2.75, 3.05) is 13.1 Å². The van der Waals surface area contributed by atoms with Crippen molar-refractivity contribution < 1.29 is 19.4 Å². The van der Waals surface area contributed by atoms with Crippen molar-refractivity contribution in [1.82, 2.24) is 5.32 Å². The molecule has 8 nitrogen and oxygen atoms in total. The van der Waals surface area contributed by atoms with E-state index in [1.807, 2.05) is 0 Å². The summed E-state index contributed by atoms with van der Waals surface area (Å²) in [6.45, 7) is 4.85. The van der Waals surface area contributed by atoms with Crippen LogP contribution in [0, 0.1) is 11.8 Å². The number of carboxylic acid groups (broad SMARTS) is 1. The predicted molar refractivity (Wildman–Crippen MR) is 112 cm³/mol. The number of aliphatic imine (C=N–C) groups is 1. The lowest BCUT2D eigenvalue weighted by Crippen LogP contribution is -2.42. The number of nitrogens with two attached hydrogens (primary N) is 2. The number of rotatable bonds is 8. The number of hydrogen-bond donors (Lipinski definition) is 4. The van der Waals surface area contributed by atoms with E-state index >= 15 is 0 Å². The molecule has 1 aliphatic carbocycles. The fraction of sp³-hybridized carbons (Fsp3) is 0.667. The number of aliphatic carboxylic acids is 1. The van der Waals surface area contributed by atoms with Gasteiger partial charge < -0.3 is 26.6 Å². The van der Waals surface area contributed by atoms with Crippen molar-refractivity contribution in [3.8, 4) is 0 Å². The molecule has 4 atom stereocenters. The lowest BCUT2D eigenvalue weighted by molar-refractivity contribution is -0.144. The zero-order valence-corrected chi connectivity index (χ0v) is 17.4. The quantitative estimate of drug-likeness (QED) is 0.158. The average molecular weight is 407 g/mol. The van der Waals surface area contributed by atoms with Gasteiger partial charge in [0.05, 0.1) is 5.92 Å². The highest BCUT2D eigenvalue weighted by Gasteiger charge is 2.43. The van der Waals surface area contributed by atoms with Crippen molar-refractivity contribution in [2.45, 2.75) is 64.5 Å². The van der Waals surface area contributed by atoms with Gasteiger partial charge in [0.15, 0.2) is 5.96 Å². The number of nitrogens with zero attached hydrogens (tertiary/aromatic N) is 1. The first-order valence-corrected chi connectivity index (χ1v) is 10.3. The van der Waals surface area contributed by atoms with E-state index in [2.05, 4.69) is 36.3 Å². The Kier molecular flexibility index (Phi) is 8.70. The number of allylic oxidation sites excluding steroid dienone is 3. The molecule has 2 rings (SSSR count). The topological polar surface area (TPSA) is 140 Å². The molecule has 0 aromatic carbocycles. The summed E-state index contributed by atoms with van der Waals surface area (Å²) < 4.78 is 5.67. The van der Waals surface area contributed by atoms with Gasteiger partial charge in [-0.25, -0.2) is 0 Å². The van der Waals surface area contributed by atoms with Crippen molar-refractivity contribution in [1.29, 1.82) is 0 Å². The van der Waals surface area contributed by atoms with E-state index in [9.17, 15) is 14.7 Å². The van der Waals surface area contributed by atoms with Gasteiger partial charge in [0.25, 0.3) is 0 Å². The largest absolute Gasteiger partial charge is 0.480 e. The summed E-state index contributed by atoms with van der Waals surface area (Å²) in [6.07, 6.45) is 8.74. The highest BCUT2D eigenvalue weighted by Crippen LogP contribution is 2.35. The first-order valence-electron chi connectivity index (χ1n) is 10.3. The zero-order valence-electron chi connectivity index (χ0n) is 17.4. The van der Waals surface area contributed by atoms with Gasteiger partial charge >= 0.3 is 11.9 Å². The Hall–Kier alpha value is -2.35. The molecule has 0 aromatic heterocycles. The molecule has 6 N–H and O–H groups in total. The second-order valence-electron chi connectivity index (χ2n) is 8.06. The molecule has 0 unspecified atom stereocenters. The van der Waals surface area contributed by atoms with E-state index in [0.717, 1.165) is 25.7 Å². The number of fused-ring (bicyclic) bond motifs is 1. The van der Waals surface area contributed by atoms with Crippen LogP contribution in [0.3, 0.4) is 0 Å². The Labute approximate surface area is 172 Å². The SMILES string of the molecule is CC1=CCC/C(C)=C/[C@H]2OC(=O)[C@@H](CN[C@@H](CCCN=C(N)N)C(=O)O)[C@@H]2CC1. The summed E-state index contributed by atoms with van der Waals surface area (Å²) in [7, 11) is 0. The summed E-state index contributed by atoms with van der Waals surface area (Å²) >= 11 is 0. The minimum Gasteiger partial charge on any atom is -0.480 e. The molecule has 2 aliphatic rings. The summed E-state index contributed by atoms with van der Waals surface area (Å²) in [5.41, 5.74) is 13.1. The highest BCUT2D eigenvalue weighted by molar-refractivity contribution is 5.77. The third-order valence-corrected chi connectivity index (χ3v) is 5.67. The maximum atomic E-state index is 12.5. The van der Waals surface area contributed by atoms with Crippen LogP contribution in [0.5, 0.6) is 0 Å². The second kappa shape index (κ2) is 11.0. The van der Waals surface area contributed by atoms with E-state index in [1.165, 1.54) is 11.1 Å². The van der Waals surface area contributed by atoms with Crippen LogP contribution < -0.4 is 16.8 Å². The normalized spacial score (nSPS) is 27.7. The second-order valence-corrected chi connectivity index (χ2v) is 8.06. The summed E-state index contributed by atoms with van der Waals surface area (Å²) in [6, 6.07) is -0.755. The molecule has 1 saturated heterocycles. The molecule has 0 saturated carbocycles. The van der Waals surface area contributed by atoms with Gasteiger partial charge in [0, 0.05) is 19.0 Å². The van der Waals surface area contributed by atoms with E-state index in [0.29, 0.717) is 19.4 Å². The van der Waals surface area contributed by atoms with Crippen LogP contribution in [0.4, 0.5) is 0 Å². The number of carbonyl (C=O) groups is 2. The third-order valence-electron chi connectivity index (χ3n) is 5.67. The molecule has 0 aromatic rings. The first-order chi connectivity index (χ1) is 13.8. The van der Waals surface area contributed by atoms with Crippen molar-refractivity contribution in [2.24, 2.45) is 28.3 Å². The number of nitrogens with one attached hydrogen (secondary N) is 1. The molecule has 0 spiro atoms. The monoisotopic (exact) mass is 406 g/mol. The van der Waals surface area contributed by atoms with Gasteiger partial charge in [0.2, 0.25) is 0 Å². The summed E-state index contributed by atoms with van der Waals surface area (Å²) in [4.78, 5) is 28.0. The molecule has 0 amide bonds. The van der Waals surface area contributed by atoms with Gasteiger partial charge in [-0.1, -0.05) is 17.2 Å². The third kappa shape index (κ3) is 7.20.